The molecule has 0 aromatic carbocycles. The Bertz CT molecular complexity index is 236. The Kier molecular flexibility index (Phi) is 8.22. The molecule has 16 heavy (non-hydrogen) atoms. The molecular formula is C14H26OSi. The van der Waals surface area contributed by atoms with Crippen LogP contribution in [0.4, 0.5) is 0 Å². The molecule has 0 aliphatic heterocycles. The van der Waals surface area contributed by atoms with Gasteiger partial charge in [0.15, 0.2) is 8.32 Å². The zero-order chi connectivity index (χ0) is 12.4. The lowest BCUT2D eigenvalue weighted by atomic mass is 10.2. The molecule has 0 aliphatic carbocycles. The molecule has 0 spiro atoms. The summed E-state index contributed by atoms with van der Waals surface area (Å²) in [5, 5.41) is 0. The first-order valence-corrected chi connectivity index (χ1v) is 9.48. The van der Waals surface area contributed by atoms with Crippen LogP contribution in [0.3, 0.4) is 0 Å². The van der Waals surface area contributed by atoms with Crippen LogP contribution in [0.15, 0.2) is 37.0 Å². The van der Waals surface area contributed by atoms with E-state index < -0.39 is 8.32 Å². The van der Waals surface area contributed by atoms with Crippen LogP contribution in [0.5, 0.6) is 0 Å². The number of hydrogen-bond acceptors (Lipinski definition) is 1. The Morgan fingerprint density at radius 3 is 2.38 bits per heavy atom. The first kappa shape index (κ1) is 15.4. The lowest BCUT2D eigenvalue weighted by Crippen LogP contribution is -2.29. The minimum Gasteiger partial charge on any atom is -0.412 e. The van der Waals surface area contributed by atoms with Gasteiger partial charge in [0.05, 0.1) is 6.10 Å². The lowest BCUT2D eigenvalue weighted by molar-refractivity contribution is 0.262. The van der Waals surface area contributed by atoms with Crippen LogP contribution in [0, 0.1) is 0 Å². The fourth-order valence-corrected chi connectivity index (χ4v) is 2.62. The molecule has 0 bridgehead atoms. The number of allylic oxidation sites excluding steroid dienone is 4. The average Bonchev–Trinajstić information content (AvgIpc) is 2.13. The average molecular weight is 238 g/mol. The second-order valence-electron chi connectivity index (χ2n) is 4.96. The van der Waals surface area contributed by atoms with E-state index in [1.807, 2.05) is 12.2 Å². The molecule has 92 valence electrons. The minimum atomic E-state index is -1.38. The molecule has 0 saturated carbocycles. The zero-order valence-electron chi connectivity index (χ0n) is 11.2. The van der Waals surface area contributed by atoms with Gasteiger partial charge >= 0.3 is 0 Å². The first-order chi connectivity index (χ1) is 7.45. The van der Waals surface area contributed by atoms with Crippen LogP contribution in [-0.2, 0) is 4.43 Å². The van der Waals surface area contributed by atoms with E-state index in [0.717, 1.165) is 12.8 Å². The summed E-state index contributed by atoms with van der Waals surface area (Å²) >= 11 is 0. The second kappa shape index (κ2) is 8.54. The molecule has 0 aromatic rings. The Morgan fingerprint density at radius 1 is 1.19 bits per heavy atom. The highest BCUT2D eigenvalue weighted by molar-refractivity contribution is 6.69. The van der Waals surface area contributed by atoms with E-state index >= 15 is 0 Å². The van der Waals surface area contributed by atoms with Crippen molar-refractivity contribution in [2.24, 2.45) is 0 Å². The van der Waals surface area contributed by atoms with Crippen LogP contribution >= 0.6 is 0 Å². The summed E-state index contributed by atoms with van der Waals surface area (Å²) in [4.78, 5) is 0. The molecule has 0 aliphatic rings. The monoisotopic (exact) mass is 238 g/mol. The molecule has 0 amide bonds. The molecule has 0 rings (SSSR count). The second-order valence-corrected chi connectivity index (χ2v) is 9.42. The normalized spacial score (nSPS) is 14.8. The summed E-state index contributed by atoms with van der Waals surface area (Å²) in [6.45, 7) is 12.4. The Morgan fingerprint density at radius 2 is 1.81 bits per heavy atom. The van der Waals surface area contributed by atoms with Crippen LogP contribution in [0.1, 0.15) is 26.2 Å². The highest BCUT2D eigenvalue weighted by atomic mass is 28.4. The predicted octanol–water partition coefficient (Wildman–Crippen LogP) is 4.70. The Labute approximate surface area is 102 Å². The smallest absolute Gasteiger partial charge is 0.184 e. The van der Waals surface area contributed by atoms with Crippen LogP contribution in [0.25, 0.3) is 0 Å². The fourth-order valence-electron chi connectivity index (χ4n) is 1.43. The Hall–Kier alpha value is -0.603. The van der Waals surface area contributed by atoms with E-state index in [0.29, 0.717) is 0 Å². The van der Waals surface area contributed by atoms with Crippen molar-refractivity contribution in [1.29, 1.82) is 0 Å². The van der Waals surface area contributed by atoms with Crippen molar-refractivity contribution in [2.45, 2.75) is 51.9 Å². The molecule has 2 heteroatoms. The molecule has 0 N–H and O–H groups in total. The van der Waals surface area contributed by atoms with Crippen molar-refractivity contribution in [3.05, 3.63) is 37.0 Å². The maximum absolute atomic E-state index is 5.91. The molecule has 0 fully saturated rings. The SMILES string of the molecule is C=C/C=C/CCC/C=C/C(C)O[Si](C)(C)C. The van der Waals surface area contributed by atoms with Gasteiger partial charge in [-0.15, -0.1) is 0 Å². The summed E-state index contributed by atoms with van der Waals surface area (Å²) in [7, 11) is -1.38. The third-order valence-corrected chi connectivity index (χ3v) is 3.04. The first-order valence-electron chi connectivity index (χ1n) is 6.08. The Balaban J connectivity index is 3.60. The minimum absolute atomic E-state index is 0.260. The van der Waals surface area contributed by atoms with E-state index in [4.69, 9.17) is 4.43 Å². The van der Waals surface area contributed by atoms with Crippen molar-refractivity contribution in [3.8, 4) is 0 Å². The van der Waals surface area contributed by atoms with Gasteiger partial charge in [0.2, 0.25) is 0 Å². The van der Waals surface area contributed by atoms with Gasteiger partial charge in [-0.1, -0.05) is 37.0 Å². The molecular weight excluding hydrogens is 212 g/mol. The number of hydrogen-bond donors (Lipinski definition) is 0. The maximum Gasteiger partial charge on any atom is 0.184 e. The molecule has 0 heterocycles. The maximum atomic E-state index is 5.91. The highest BCUT2D eigenvalue weighted by Crippen LogP contribution is 2.08. The van der Waals surface area contributed by atoms with E-state index in [9.17, 15) is 0 Å². The van der Waals surface area contributed by atoms with Crippen molar-refractivity contribution < 1.29 is 4.43 Å². The van der Waals surface area contributed by atoms with Crippen LogP contribution in [-0.4, -0.2) is 14.4 Å². The van der Waals surface area contributed by atoms with Gasteiger partial charge in [-0.3, -0.25) is 0 Å². The quantitative estimate of drug-likeness (QED) is 0.258. The fraction of sp³-hybridized carbons (Fsp3) is 0.571. The molecule has 0 saturated heterocycles. The van der Waals surface area contributed by atoms with E-state index in [1.54, 1.807) is 0 Å². The lowest BCUT2D eigenvalue weighted by Gasteiger charge is -2.21. The summed E-state index contributed by atoms with van der Waals surface area (Å²) < 4.78 is 5.91. The molecule has 0 radical (unpaired) electrons. The van der Waals surface area contributed by atoms with Gasteiger partial charge in [-0.2, -0.15) is 0 Å². The molecule has 1 atom stereocenters. The van der Waals surface area contributed by atoms with Gasteiger partial charge in [-0.05, 0) is 45.8 Å². The predicted molar refractivity (Wildman–Crippen MR) is 76.2 cm³/mol. The van der Waals surface area contributed by atoms with Crippen molar-refractivity contribution >= 4 is 8.32 Å². The van der Waals surface area contributed by atoms with Gasteiger partial charge in [0.25, 0.3) is 0 Å². The summed E-state index contributed by atoms with van der Waals surface area (Å²) in [5.74, 6) is 0. The summed E-state index contributed by atoms with van der Waals surface area (Å²) in [6.07, 6.45) is 14.1. The largest absolute Gasteiger partial charge is 0.412 e. The van der Waals surface area contributed by atoms with E-state index in [1.165, 1.54) is 6.42 Å². The van der Waals surface area contributed by atoms with Crippen LogP contribution in [0.2, 0.25) is 19.6 Å². The number of rotatable bonds is 8. The summed E-state index contributed by atoms with van der Waals surface area (Å²) in [5.41, 5.74) is 0. The van der Waals surface area contributed by atoms with Crippen molar-refractivity contribution in [1.82, 2.24) is 0 Å². The van der Waals surface area contributed by atoms with Crippen molar-refractivity contribution in [3.63, 3.8) is 0 Å². The van der Waals surface area contributed by atoms with Gasteiger partial charge < -0.3 is 4.43 Å². The topological polar surface area (TPSA) is 9.23 Å². The third kappa shape index (κ3) is 11.5. The standard InChI is InChI=1S/C14H26OSi/c1-6-7-8-9-10-11-12-13-14(2)15-16(3,4)5/h6-8,12-14H,1,9-11H2,2-5H3/b8-7+,13-12+. The molecule has 0 aromatic heterocycles. The zero-order valence-corrected chi connectivity index (χ0v) is 12.2. The molecule has 1 nitrogen and oxygen atoms in total. The highest BCUT2D eigenvalue weighted by Gasteiger charge is 2.16. The van der Waals surface area contributed by atoms with Gasteiger partial charge in [-0.25, -0.2) is 0 Å². The van der Waals surface area contributed by atoms with Crippen molar-refractivity contribution in [2.75, 3.05) is 0 Å². The third-order valence-electron chi connectivity index (χ3n) is 1.96. The van der Waals surface area contributed by atoms with Crippen LogP contribution < -0.4 is 0 Å². The van der Waals surface area contributed by atoms with Gasteiger partial charge in [0.1, 0.15) is 0 Å². The summed E-state index contributed by atoms with van der Waals surface area (Å²) in [6, 6.07) is 0. The molecule has 1 unspecified atom stereocenters. The number of unbranched alkanes of at least 4 members (excludes halogenated alkanes) is 2. The van der Waals surface area contributed by atoms with E-state index in [-0.39, 0.29) is 6.10 Å². The van der Waals surface area contributed by atoms with E-state index in [2.05, 4.69) is 51.4 Å². The van der Waals surface area contributed by atoms with Gasteiger partial charge in [0, 0.05) is 0 Å².